The van der Waals surface area contributed by atoms with Gasteiger partial charge in [-0.25, -0.2) is 9.37 Å². The van der Waals surface area contributed by atoms with Crippen LogP contribution in [0.3, 0.4) is 0 Å². The lowest BCUT2D eigenvalue weighted by Crippen LogP contribution is -2.41. The van der Waals surface area contributed by atoms with E-state index >= 15 is 0 Å². The van der Waals surface area contributed by atoms with E-state index in [2.05, 4.69) is 4.98 Å². The minimum Gasteiger partial charge on any atom is -0.497 e. The first-order valence-electron chi connectivity index (χ1n) is 10.3. The highest BCUT2D eigenvalue weighted by Crippen LogP contribution is 2.27. The molecule has 2 aromatic carbocycles. The number of nitrogens with zero attached hydrogens (tertiary/aromatic N) is 2. The highest BCUT2D eigenvalue weighted by molar-refractivity contribution is 5.78. The number of benzene rings is 2. The van der Waals surface area contributed by atoms with Crippen LogP contribution in [0.5, 0.6) is 11.5 Å². The molecule has 1 aliphatic heterocycles. The smallest absolute Gasteiger partial charge is 0.260 e. The van der Waals surface area contributed by atoms with Crippen LogP contribution in [-0.4, -0.2) is 42.6 Å². The molecule has 0 N–H and O–H groups in total. The summed E-state index contributed by atoms with van der Waals surface area (Å²) >= 11 is 0. The Balaban J connectivity index is 1.32. The van der Waals surface area contributed by atoms with E-state index in [4.69, 9.17) is 13.9 Å². The van der Waals surface area contributed by atoms with Gasteiger partial charge in [0.05, 0.1) is 19.2 Å². The van der Waals surface area contributed by atoms with E-state index in [1.165, 1.54) is 12.1 Å². The van der Waals surface area contributed by atoms with Gasteiger partial charge in [0.1, 0.15) is 23.1 Å². The number of methoxy groups -OCH3 is 1. The summed E-state index contributed by atoms with van der Waals surface area (Å²) in [5.41, 5.74) is 0.832. The number of amides is 1. The van der Waals surface area contributed by atoms with Crippen molar-refractivity contribution in [3.63, 3.8) is 0 Å². The van der Waals surface area contributed by atoms with Gasteiger partial charge in [-0.05, 0) is 54.8 Å². The summed E-state index contributed by atoms with van der Waals surface area (Å²) in [6.07, 6.45) is 3.95. The van der Waals surface area contributed by atoms with E-state index in [0.717, 1.165) is 24.2 Å². The molecule has 1 amide bonds. The zero-order valence-corrected chi connectivity index (χ0v) is 17.4. The van der Waals surface area contributed by atoms with Crippen LogP contribution in [-0.2, 0) is 11.2 Å². The molecule has 0 aliphatic carbocycles. The van der Waals surface area contributed by atoms with Crippen molar-refractivity contribution in [1.82, 2.24) is 9.88 Å². The summed E-state index contributed by atoms with van der Waals surface area (Å²) in [7, 11) is 1.60. The van der Waals surface area contributed by atoms with Gasteiger partial charge in [0.2, 0.25) is 0 Å². The van der Waals surface area contributed by atoms with Crippen LogP contribution in [0.15, 0.2) is 59.1 Å². The van der Waals surface area contributed by atoms with E-state index in [1.54, 1.807) is 48.5 Å². The fourth-order valence-corrected chi connectivity index (χ4v) is 3.75. The molecule has 0 bridgehead atoms. The number of carbonyl (C=O) groups is 1. The number of hydrogen-bond donors (Lipinski definition) is 0. The lowest BCUT2D eigenvalue weighted by atomic mass is 9.98. The summed E-state index contributed by atoms with van der Waals surface area (Å²) in [4.78, 5) is 18.9. The zero-order valence-electron chi connectivity index (χ0n) is 17.4. The average Bonchev–Trinajstić information content (AvgIpc) is 3.26. The molecule has 4 rings (SSSR count). The van der Waals surface area contributed by atoms with Crippen molar-refractivity contribution in [3.8, 4) is 11.5 Å². The van der Waals surface area contributed by atoms with Gasteiger partial charge >= 0.3 is 0 Å². The predicted octanol–water partition coefficient (Wildman–Crippen LogP) is 4.20. The Morgan fingerprint density at radius 3 is 2.81 bits per heavy atom. The van der Waals surface area contributed by atoms with Crippen LogP contribution >= 0.6 is 0 Å². The lowest BCUT2D eigenvalue weighted by molar-refractivity contribution is -0.134. The van der Waals surface area contributed by atoms with Gasteiger partial charge in [-0.3, -0.25) is 4.79 Å². The first kappa shape index (κ1) is 20.9. The second-order valence-electron chi connectivity index (χ2n) is 7.61. The predicted molar refractivity (Wildman–Crippen MR) is 113 cm³/mol. The molecule has 0 spiro atoms. The number of piperidine rings is 1. The van der Waals surface area contributed by atoms with Gasteiger partial charge in [-0.2, -0.15) is 0 Å². The molecular weight excluding hydrogens is 399 g/mol. The van der Waals surface area contributed by atoms with E-state index in [-0.39, 0.29) is 24.2 Å². The monoisotopic (exact) mass is 424 g/mol. The molecule has 3 aromatic rings. The molecule has 0 unspecified atom stereocenters. The molecule has 7 heteroatoms. The fraction of sp³-hybridized carbons (Fsp3) is 0.333. The maximum Gasteiger partial charge on any atom is 0.260 e. The third-order valence-electron chi connectivity index (χ3n) is 5.38. The van der Waals surface area contributed by atoms with Crippen molar-refractivity contribution in [3.05, 3.63) is 77.8 Å². The highest BCUT2D eigenvalue weighted by atomic mass is 19.1. The van der Waals surface area contributed by atoms with Crippen molar-refractivity contribution in [2.75, 3.05) is 26.8 Å². The van der Waals surface area contributed by atoms with Crippen molar-refractivity contribution in [1.29, 1.82) is 0 Å². The standard InChI is InChI=1S/C24H25FN2O4/c1-29-20-7-9-21(10-8-20)30-16-23(28)27-11-3-5-18(15-27)24-26-14-22(31-24)13-17-4-2-6-19(25)12-17/h2,4,6-10,12,14,18H,3,5,11,13,15-16H2,1H3/t18-/m0/s1. The minimum absolute atomic E-state index is 0.0184. The Hall–Kier alpha value is -3.35. The quantitative estimate of drug-likeness (QED) is 0.569. The number of oxazole rings is 1. The summed E-state index contributed by atoms with van der Waals surface area (Å²) in [6, 6.07) is 13.6. The number of hydrogen-bond acceptors (Lipinski definition) is 5. The Bertz CT molecular complexity index is 1020. The van der Waals surface area contributed by atoms with Crippen LogP contribution in [0, 0.1) is 5.82 Å². The normalized spacial score (nSPS) is 16.2. The third kappa shape index (κ3) is 5.42. The average molecular weight is 424 g/mol. The molecule has 0 saturated carbocycles. The summed E-state index contributed by atoms with van der Waals surface area (Å²) in [6.45, 7) is 1.22. The SMILES string of the molecule is COc1ccc(OCC(=O)N2CCC[C@H](c3ncc(Cc4cccc(F)c4)o3)C2)cc1. The van der Waals surface area contributed by atoms with Gasteiger partial charge in [0, 0.05) is 19.5 Å². The minimum atomic E-state index is -0.268. The van der Waals surface area contributed by atoms with Crippen LogP contribution in [0.4, 0.5) is 4.39 Å². The first-order chi connectivity index (χ1) is 15.1. The Labute approximate surface area is 180 Å². The molecule has 1 fully saturated rings. The van der Waals surface area contributed by atoms with E-state index in [1.807, 2.05) is 6.07 Å². The maximum atomic E-state index is 13.4. The second kappa shape index (κ2) is 9.64. The van der Waals surface area contributed by atoms with Gasteiger partial charge in [0.25, 0.3) is 5.91 Å². The molecule has 1 aromatic heterocycles. The number of ether oxygens (including phenoxy) is 2. The summed E-state index contributed by atoms with van der Waals surface area (Å²) < 4.78 is 30.1. The Morgan fingerprint density at radius 2 is 2.03 bits per heavy atom. The van der Waals surface area contributed by atoms with Crippen molar-refractivity contribution < 1.29 is 23.1 Å². The second-order valence-corrected chi connectivity index (χ2v) is 7.61. The van der Waals surface area contributed by atoms with Crippen LogP contribution in [0.2, 0.25) is 0 Å². The molecule has 2 heterocycles. The summed E-state index contributed by atoms with van der Waals surface area (Å²) in [5.74, 6) is 2.38. The molecule has 31 heavy (non-hydrogen) atoms. The Kier molecular flexibility index (Phi) is 6.50. The number of likely N-dealkylation sites (tertiary alicyclic amines) is 1. The molecule has 1 saturated heterocycles. The van der Waals surface area contributed by atoms with Crippen LogP contribution in [0.25, 0.3) is 0 Å². The third-order valence-corrected chi connectivity index (χ3v) is 5.38. The molecule has 1 atom stereocenters. The molecular formula is C24H25FN2O4. The van der Waals surface area contributed by atoms with Crippen molar-refractivity contribution in [2.24, 2.45) is 0 Å². The molecule has 0 radical (unpaired) electrons. The maximum absolute atomic E-state index is 13.4. The molecule has 1 aliphatic rings. The highest BCUT2D eigenvalue weighted by Gasteiger charge is 2.28. The molecule has 6 nitrogen and oxygen atoms in total. The number of rotatable bonds is 7. The van der Waals surface area contributed by atoms with E-state index in [9.17, 15) is 9.18 Å². The summed E-state index contributed by atoms with van der Waals surface area (Å²) in [5, 5.41) is 0. The topological polar surface area (TPSA) is 64.8 Å². The van der Waals surface area contributed by atoms with E-state index < -0.39 is 0 Å². The molecule has 162 valence electrons. The van der Waals surface area contributed by atoms with Gasteiger partial charge < -0.3 is 18.8 Å². The van der Waals surface area contributed by atoms with Crippen LogP contribution < -0.4 is 9.47 Å². The number of halogens is 1. The van der Waals surface area contributed by atoms with Crippen molar-refractivity contribution >= 4 is 5.91 Å². The van der Waals surface area contributed by atoms with E-state index in [0.29, 0.717) is 36.9 Å². The number of aromatic nitrogens is 1. The first-order valence-corrected chi connectivity index (χ1v) is 10.3. The van der Waals surface area contributed by atoms with Gasteiger partial charge in [-0.1, -0.05) is 12.1 Å². The van der Waals surface area contributed by atoms with Crippen LogP contribution in [0.1, 0.15) is 36.0 Å². The fourth-order valence-electron chi connectivity index (χ4n) is 3.75. The van der Waals surface area contributed by atoms with Gasteiger partial charge in [0.15, 0.2) is 12.5 Å². The Morgan fingerprint density at radius 1 is 1.23 bits per heavy atom. The largest absolute Gasteiger partial charge is 0.497 e. The lowest BCUT2D eigenvalue weighted by Gasteiger charge is -2.31. The van der Waals surface area contributed by atoms with Crippen molar-refractivity contribution in [2.45, 2.75) is 25.2 Å². The number of carbonyl (C=O) groups excluding carboxylic acids is 1. The zero-order chi connectivity index (χ0) is 21.6. The van der Waals surface area contributed by atoms with Gasteiger partial charge in [-0.15, -0.1) is 0 Å².